The van der Waals surface area contributed by atoms with Crippen LogP contribution in [0.15, 0.2) is 48.5 Å². The molecule has 0 saturated carbocycles. The van der Waals surface area contributed by atoms with E-state index in [1.165, 1.54) is 12.1 Å². The van der Waals surface area contributed by atoms with Crippen molar-refractivity contribution in [3.05, 3.63) is 54.1 Å². The number of benzene rings is 2. The summed E-state index contributed by atoms with van der Waals surface area (Å²) in [5.41, 5.74) is 0.864. The quantitative estimate of drug-likeness (QED) is 0.458. The van der Waals surface area contributed by atoms with Crippen LogP contribution in [0.5, 0.6) is 11.5 Å². The van der Waals surface area contributed by atoms with E-state index in [0.717, 1.165) is 5.56 Å². The molecule has 0 fully saturated rings. The number of anilines is 1. The number of carbonyl (C=O) groups is 3. The Hall–Kier alpha value is -3.75. The van der Waals surface area contributed by atoms with Crippen molar-refractivity contribution in [2.75, 3.05) is 11.9 Å². The first-order chi connectivity index (χ1) is 15.5. The molecule has 0 saturated heterocycles. The van der Waals surface area contributed by atoms with Crippen molar-refractivity contribution in [1.82, 2.24) is 10.6 Å². The van der Waals surface area contributed by atoms with E-state index < -0.39 is 17.8 Å². The van der Waals surface area contributed by atoms with Crippen LogP contribution >= 0.6 is 0 Å². The van der Waals surface area contributed by atoms with E-state index in [0.29, 0.717) is 18.0 Å². The largest absolute Gasteiger partial charge is 0.508 e. The summed E-state index contributed by atoms with van der Waals surface area (Å²) in [6.45, 7) is 7.42. The fraction of sp³-hybridized carbons (Fsp3) is 0.375. The van der Waals surface area contributed by atoms with Crippen LogP contribution in [0.4, 0.5) is 10.5 Å². The molecule has 2 rings (SSSR count). The number of ether oxygens (including phenoxy) is 2. The SMILES string of the molecule is CC(Oc1ccc(O)cc1)C(=O)Nc1ccc(CNC(=O)CCNC(=O)OC(C)(C)C)cc1. The average Bonchev–Trinajstić information content (AvgIpc) is 2.73. The van der Waals surface area contributed by atoms with Gasteiger partial charge in [-0.1, -0.05) is 12.1 Å². The predicted molar refractivity (Wildman–Crippen MR) is 124 cm³/mol. The Labute approximate surface area is 193 Å². The predicted octanol–water partition coefficient (Wildman–Crippen LogP) is 3.33. The number of nitrogens with one attached hydrogen (secondary N) is 3. The van der Waals surface area contributed by atoms with Crippen LogP contribution in [-0.4, -0.2) is 41.3 Å². The van der Waals surface area contributed by atoms with Gasteiger partial charge in [0.1, 0.15) is 17.1 Å². The smallest absolute Gasteiger partial charge is 0.407 e. The molecule has 0 heterocycles. The second kappa shape index (κ2) is 11.8. The second-order valence-corrected chi connectivity index (χ2v) is 8.40. The van der Waals surface area contributed by atoms with Gasteiger partial charge in [-0.2, -0.15) is 0 Å². The van der Waals surface area contributed by atoms with Crippen LogP contribution in [0.25, 0.3) is 0 Å². The van der Waals surface area contributed by atoms with Crippen molar-refractivity contribution >= 4 is 23.6 Å². The lowest BCUT2D eigenvalue weighted by Gasteiger charge is -2.19. The van der Waals surface area contributed by atoms with Gasteiger partial charge in [-0.05, 0) is 69.7 Å². The standard InChI is InChI=1S/C24H31N3O6/c1-16(32-20-11-9-19(28)10-12-20)22(30)27-18-7-5-17(6-8-18)15-26-21(29)13-14-25-23(31)33-24(2,3)4/h5-12,16,28H,13-15H2,1-4H3,(H,25,31)(H,26,29)(H,27,30). The van der Waals surface area contributed by atoms with Gasteiger partial charge in [0.2, 0.25) is 5.91 Å². The van der Waals surface area contributed by atoms with Crippen molar-refractivity contribution < 1.29 is 29.0 Å². The highest BCUT2D eigenvalue weighted by Gasteiger charge is 2.16. The summed E-state index contributed by atoms with van der Waals surface area (Å²) in [5, 5.41) is 17.4. The number of phenols is 1. The van der Waals surface area contributed by atoms with Crippen LogP contribution in [0, 0.1) is 0 Å². The Balaban J connectivity index is 1.71. The average molecular weight is 458 g/mol. The molecule has 2 aromatic carbocycles. The van der Waals surface area contributed by atoms with E-state index >= 15 is 0 Å². The summed E-state index contributed by atoms with van der Waals surface area (Å²) in [4.78, 5) is 35.8. The fourth-order valence-electron chi connectivity index (χ4n) is 2.61. The van der Waals surface area contributed by atoms with Gasteiger partial charge in [0.05, 0.1) is 0 Å². The zero-order valence-corrected chi connectivity index (χ0v) is 19.3. The minimum atomic E-state index is -0.734. The topological polar surface area (TPSA) is 126 Å². The highest BCUT2D eigenvalue weighted by molar-refractivity contribution is 5.94. The molecular weight excluding hydrogens is 426 g/mol. The molecule has 9 nitrogen and oxygen atoms in total. The van der Waals surface area contributed by atoms with E-state index in [1.807, 2.05) is 0 Å². The summed E-state index contributed by atoms with van der Waals surface area (Å²) in [6.07, 6.45) is -1.16. The van der Waals surface area contributed by atoms with Gasteiger partial charge in [0.15, 0.2) is 6.10 Å². The van der Waals surface area contributed by atoms with Crippen LogP contribution < -0.4 is 20.7 Å². The molecule has 0 aromatic heterocycles. The van der Waals surface area contributed by atoms with Gasteiger partial charge in [0.25, 0.3) is 5.91 Å². The maximum atomic E-state index is 12.3. The van der Waals surface area contributed by atoms with Crippen LogP contribution in [0.2, 0.25) is 0 Å². The van der Waals surface area contributed by atoms with Crippen LogP contribution in [-0.2, 0) is 20.9 Å². The van der Waals surface area contributed by atoms with Gasteiger partial charge < -0.3 is 30.5 Å². The minimum Gasteiger partial charge on any atom is -0.508 e. The lowest BCUT2D eigenvalue weighted by atomic mass is 10.2. The van der Waals surface area contributed by atoms with Crippen molar-refractivity contribution in [3.63, 3.8) is 0 Å². The van der Waals surface area contributed by atoms with Crippen molar-refractivity contribution in [3.8, 4) is 11.5 Å². The summed E-state index contributed by atoms with van der Waals surface area (Å²) in [6, 6.07) is 13.2. The fourth-order valence-corrected chi connectivity index (χ4v) is 2.61. The highest BCUT2D eigenvalue weighted by atomic mass is 16.6. The third kappa shape index (κ3) is 9.94. The number of rotatable bonds is 9. The molecule has 0 aliphatic carbocycles. The van der Waals surface area contributed by atoms with Gasteiger partial charge in [-0.25, -0.2) is 4.79 Å². The van der Waals surface area contributed by atoms with Crippen molar-refractivity contribution in [2.45, 2.75) is 52.4 Å². The molecular formula is C24H31N3O6. The molecule has 0 aliphatic heterocycles. The summed E-state index contributed by atoms with van der Waals surface area (Å²) in [7, 11) is 0. The van der Waals surface area contributed by atoms with E-state index in [2.05, 4.69) is 16.0 Å². The lowest BCUT2D eigenvalue weighted by Crippen LogP contribution is -2.35. The monoisotopic (exact) mass is 457 g/mol. The summed E-state index contributed by atoms with van der Waals surface area (Å²) >= 11 is 0. The Bertz CT molecular complexity index is 936. The number of alkyl carbamates (subject to hydrolysis) is 1. The van der Waals surface area contributed by atoms with E-state index in [-0.39, 0.29) is 30.5 Å². The number of aromatic hydroxyl groups is 1. The Kier molecular flexibility index (Phi) is 9.08. The van der Waals surface area contributed by atoms with Crippen molar-refractivity contribution in [1.29, 1.82) is 0 Å². The molecule has 3 amide bonds. The lowest BCUT2D eigenvalue weighted by molar-refractivity contribution is -0.122. The summed E-state index contributed by atoms with van der Waals surface area (Å²) < 4.78 is 10.7. The molecule has 9 heteroatoms. The normalized spacial score (nSPS) is 11.8. The molecule has 33 heavy (non-hydrogen) atoms. The molecule has 1 unspecified atom stereocenters. The van der Waals surface area contributed by atoms with Crippen molar-refractivity contribution in [2.24, 2.45) is 0 Å². The van der Waals surface area contributed by atoms with Gasteiger partial charge in [-0.15, -0.1) is 0 Å². The molecule has 2 aromatic rings. The second-order valence-electron chi connectivity index (χ2n) is 8.40. The number of amides is 3. The summed E-state index contributed by atoms with van der Waals surface area (Å²) in [5.74, 6) is 0.0706. The number of carbonyl (C=O) groups excluding carboxylic acids is 3. The first-order valence-corrected chi connectivity index (χ1v) is 10.6. The third-order valence-corrected chi connectivity index (χ3v) is 4.25. The number of hydrogen-bond donors (Lipinski definition) is 4. The Morgan fingerprint density at radius 1 is 0.970 bits per heavy atom. The zero-order valence-electron chi connectivity index (χ0n) is 19.3. The highest BCUT2D eigenvalue weighted by Crippen LogP contribution is 2.18. The molecule has 178 valence electrons. The number of phenolic OH excluding ortho intramolecular Hbond substituents is 1. The minimum absolute atomic E-state index is 0.119. The van der Waals surface area contributed by atoms with E-state index in [1.54, 1.807) is 64.1 Å². The first-order valence-electron chi connectivity index (χ1n) is 10.6. The number of hydrogen-bond acceptors (Lipinski definition) is 6. The maximum absolute atomic E-state index is 12.3. The van der Waals surface area contributed by atoms with E-state index in [9.17, 15) is 19.5 Å². The van der Waals surface area contributed by atoms with Crippen LogP contribution in [0.1, 0.15) is 39.7 Å². The molecule has 4 N–H and O–H groups in total. The zero-order chi connectivity index (χ0) is 24.4. The molecule has 1 atom stereocenters. The van der Waals surface area contributed by atoms with Gasteiger partial charge in [-0.3, -0.25) is 9.59 Å². The maximum Gasteiger partial charge on any atom is 0.407 e. The molecule has 0 bridgehead atoms. The van der Waals surface area contributed by atoms with Crippen LogP contribution in [0.3, 0.4) is 0 Å². The van der Waals surface area contributed by atoms with Gasteiger partial charge >= 0.3 is 6.09 Å². The molecule has 0 spiro atoms. The Morgan fingerprint density at radius 2 is 1.61 bits per heavy atom. The van der Waals surface area contributed by atoms with Gasteiger partial charge in [0, 0.05) is 25.2 Å². The molecule has 0 aliphatic rings. The molecule has 0 radical (unpaired) electrons. The third-order valence-electron chi connectivity index (χ3n) is 4.25. The first kappa shape index (κ1) is 25.5. The van der Waals surface area contributed by atoms with E-state index in [4.69, 9.17) is 9.47 Å². The Morgan fingerprint density at radius 3 is 2.21 bits per heavy atom.